The third-order valence-corrected chi connectivity index (χ3v) is 3.03. The first-order valence-electron chi connectivity index (χ1n) is 5.56. The van der Waals surface area contributed by atoms with Gasteiger partial charge in [-0.25, -0.2) is 0 Å². The molecule has 0 saturated carbocycles. The van der Waals surface area contributed by atoms with Crippen molar-refractivity contribution in [3.8, 4) is 0 Å². The van der Waals surface area contributed by atoms with Crippen molar-refractivity contribution in [2.45, 2.75) is 18.9 Å². The molecule has 0 aromatic carbocycles. The molecule has 0 aliphatic carbocycles. The van der Waals surface area contributed by atoms with Crippen LogP contribution >= 0.6 is 0 Å². The minimum Gasteiger partial charge on any atom is -0.381 e. The van der Waals surface area contributed by atoms with Gasteiger partial charge in [0.2, 0.25) is 0 Å². The molecule has 84 valence electrons. The standard InChI is InChI=1S/C11H19N3O/c1-12-11(9-4-3-7-15-8-9)10-5-6-14(2)13-10/h5-6,9,11-12H,3-4,7-8H2,1-2H3. The van der Waals surface area contributed by atoms with E-state index < -0.39 is 0 Å². The van der Waals surface area contributed by atoms with Gasteiger partial charge in [-0.3, -0.25) is 4.68 Å². The van der Waals surface area contributed by atoms with Crippen LogP contribution in [0.4, 0.5) is 0 Å². The van der Waals surface area contributed by atoms with E-state index in [1.54, 1.807) is 0 Å². The average Bonchev–Trinajstić information content (AvgIpc) is 2.68. The van der Waals surface area contributed by atoms with Crippen molar-refractivity contribution < 1.29 is 4.74 Å². The highest BCUT2D eigenvalue weighted by Gasteiger charge is 2.25. The number of aromatic nitrogens is 2. The second-order valence-electron chi connectivity index (χ2n) is 4.16. The van der Waals surface area contributed by atoms with E-state index in [-0.39, 0.29) is 0 Å². The maximum atomic E-state index is 5.52. The Morgan fingerprint density at radius 1 is 1.67 bits per heavy atom. The van der Waals surface area contributed by atoms with Crippen LogP contribution in [0.1, 0.15) is 24.6 Å². The molecule has 1 aliphatic rings. The molecular weight excluding hydrogens is 190 g/mol. The van der Waals surface area contributed by atoms with Gasteiger partial charge in [0.1, 0.15) is 0 Å². The monoisotopic (exact) mass is 209 g/mol. The van der Waals surface area contributed by atoms with Gasteiger partial charge in [-0.05, 0) is 26.0 Å². The molecule has 1 N–H and O–H groups in total. The van der Waals surface area contributed by atoms with Crippen molar-refractivity contribution in [2.24, 2.45) is 13.0 Å². The summed E-state index contributed by atoms with van der Waals surface area (Å²) in [6.45, 7) is 1.76. The molecule has 1 aliphatic heterocycles. The summed E-state index contributed by atoms with van der Waals surface area (Å²) < 4.78 is 7.37. The van der Waals surface area contributed by atoms with Gasteiger partial charge in [0.15, 0.2) is 0 Å². The van der Waals surface area contributed by atoms with Gasteiger partial charge in [-0.15, -0.1) is 0 Å². The summed E-state index contributed by atoms with van der Waals surface area (Å²) >= 11 is 0. The maximum Gasteiger partial charge on any atom is 0.0797 e. The van der Waals surface area contributed by atoms with Crippen LogP contribution in [0.5, 0.6) is 0 Å². The Labute approximate surface area is 90.6 Å². The Balaban J connectivity index is 2.08. The van der Waals surface area contributed by atoms with E-state index >= 15 is 0 Å². The van der Waals surface area contributed by atoms with E-state index in [1.807, 2.05) is 25.0 Å². The molecule has 4 heteroatoms. The van der Waals surface area contributed by atoms with Gasteiger partial charge in [-0.1, -0.05) is 0 Å². The van der Waals surface area contributed by atoms with Crippen LogP contribution in [-0.2, 0) is 11.8 Å². The zero-order valence-electron chi connectivity index (χ0n) is 9.44. The van der Waals surface area contributed by atoms with E-state index in [0.29, 0.717) is 12.0 Å². The number of aryl methyl sites for hydroxylation is 1. The van der Waals surface area contributed by atoms with Crippen molar-refractivity contribution in [3.63, 3.8) is 0 Å². The minimum atomic E-state index is 0.325. The van der Waals surface area contributed by atoms with Crippen LogP contribution < -0.4 is 5.32 Å². The van der Waals surface area contributed by atoms with Gasteiger partial charge >= 0.3 is 0 Å². The van der Waals surface area contributed by atoms with E-state index in [2.05, 4.69) is 16.5 Å². The highest BCUT2D eigenvalue weighted by Crippen LogP contribution is 2.27. The number of hydrogen-bond acceptors (Lipinski definition) is 3. The van der Waals surface area contributed by atoms with Crippen LogP contribution in [0.2, 0.25) is 0 Å². The molecule has 0 bridgehead atoms. The Morgan fingerprint density at radius 2 is 2.53 bits per heavy atom. The third-order valence-electron chi connectivity index (χ3n) is 3.03. The van der Waals surface area contributed by atoms with Gasteiger partial charge in [0.25, 0.3) is 0 Å². The SMILES string of the molecule is CNC(c1ccn(C)n1)C1CCCOC1. The topological polar surface area (TPSA) is 39.1 Å². The number of ether oxygens (including phenoxy) is 1. The van der Waals surface area contributed by atoms with Crippen molar-refractivity contribution in [1.82, 2.24) is 15.1 Å². The molecule has 1 fully saturated rings. The largest absolute Gasteiger partial charge is 0.381 e. The van der Waals surface area contributed by atoms with Gasteiger partial charge in [0, 0.05) is 25.8 Å². The minimum absolute atomic E-state index is 0.325. The molecule has 2 rings (SSSR count). The number of nitrogens with one attached hydrogen (secondary N) is 1. The summed E-state index contributed by atoms with van der Waals surface area (Å²) in [5.74, 6) is 0.554. The predicted octanol–water partition coefficient (Wildman–Crippen LogP) is 1.11. The lowest BCUT2D eigenvalue weighted by Crippen LogP contribution is -2.31. The summed E-state index contributed by atoms with van der Waals surface area (Å²) in [6.07, 6.45) is 4.38. The quantitative estimate of drug-likeness (QED) is 0.810. The molecule has 1 saturated heterocycles. The first-order chi connectivity index (χ1) is 7.31. The van der Waals surface area contributed by atoms with Gasteiger partial charge < -0.3 is 10.1 Å². The van der Waals surface area contributed by atoms with Crippen molar-refractivity contribution in [3.05, 3.63) is 18.0 Å². The van der Waals surface area contributed by atoms with Gasteiger partial charge in [-0.2, -0.15) is 5.10 Å². The molecule has 2 atom stereocenters. The second-order valence-corrected chi connectivity index (χ2v) is 4.16. The van der Waals surface area contributed by atoms with E-state index in [1.165, 1.54) is 6.42 Å². The number of rotatable bonds is 3. The zero-order valence-corrected chi connectivity index (χ0v) is 9.44. The summed E-state index contributed by atoms with van der Waals surface area (Å²) in [5, 5.41) is 7.80. The molecular formula is C11H19N3O. The van der Waals surface area contributed by atoms with Crippen molar-refractivity contribution in [2.75, 3.05) is 20.3 Å². The van der Waals surface area contributed by atoms with Crippen molar-refractivity contribution in [1.29, 1.82) is 0 Å². The summed E-state index contributed by atoms with van der Waals surface area (Å²) in [6, 6.07) is 2.40. The fourth-order valence-electron chi connectivity index (χ4n) is 2.25. The molecule has 0 spiro atoms. The van der Waals surface area contributed by atoms with E-state index in [9.17, 15) is 0 Å². The maximum absolute atomic E-state index is 5.52. The van der Waals surface area contributed by atoms with E-state index in [4.69, 9.17) is 4.74 Å². The predicted molar refractivity (Wildman–Crippen MR) is 58.6 cm³/mol. The Hall–Kier alpha value is -0.870. The third kappa shape index (κ3) is 2.38. The lowest BCUT2D eigenvalue weighted by molar-refractivity contribution is 0.0395. The fourth-order valence-corrected chi connectivity index (χ4v) is 2.25. The molecule has 0 radical (unpaired) electrons. The zero-order chi connectivity index (χ0) is 10.7. The summed E-state index contributed by atoms with van der Waals surface area (Å²) in [5.41, 5.74) is 1.12. The van der Waals surface area contributed by atoms with E-state index in [0.717, 1.165) is 25.3 Å². The lowest BCUT2D eigenvalue weighted by atomic mass is 9.92. The Kier molecular flexibility index (Phi) is 3.38. The molecule has 4 nitrogen and oxygen atoms in total. The lowest BCUT2D eigenvalue weighted by Gasteiger charge is -2.28. The van der Waals surface area contributed by atoms with Crippen LogP contribution in [0.3, 0.4) is 0 Å². The van der Waals surface area contributed by atoms with Crippen LogP contribution in [0.25, 0.3) is 0 Å². The summed E-state index contributed by atoms with van der Waals surface area (Å²) in [7, 11) is 3.95. The molecule has 2 unspecified atom stereocenters. The average molecular weight is 209 g/mol. The first kappa shape index (κ1) is 10.6. The smallest absolute Gasteiger partial charge is 0.0797 e. The molecule has 15 heavy (non-hydrogen) atoms. The molecule has 1 aromatic heterocycles. The molecule has 2 heterocycles. The molecule has 1 aromatic rings. The van der Waals surface area contributed by atoms with Gasteiger partial charge in [0.05, 0.1) is 18.3 Å². The Morgan fingerprint density at radius 3 is 3.07 bits per heavy atom. The van der Waals surface area contributed by atoms with Crippen LogP contribution in [-0.4, -0.2) is 30.0 Å². The Bertz CT molecular complexity index is 305. The number of hydrogen-bond donors (Lipinski definition) is 1. The summed E-state index contributed by atoms with van der Waals surface area (Å²) in [4.78, 5) is 0. The molecule has 0 amide bonds. The first-order valence-corrected chi connectivity index (χ1v) is 5.56. The van der Waals surface area contributed by atoms with Crippen molar-refractivity contribution >= 4 is 0 Å². The van der Waals surface area contributed by atoms with Crippen LogP contribution in [0, 0.1) is 5.92 Å². The highest BCUT2D eigenvalue weighted by atomic mass is 16.5. The van der Waals surface area contributed by atoms with Crippen LogP contribution in [0.15, 0.2) is 12.3 Å². The number of nitrogens with zero attached hydrogens (tertiary/aromatic N) is 2. The highest BCUT2D eigenvalue weighted by molar-refractivity contribution is 5.07. The normalized spacial score (nSPS) is 24.0. The second kappa shape index (κ2) is 4.77. The fraction of sp³-hybridized carbons (Fsp3) is 0.727.